The van der Waals surface area contributed by atoms with Crippen LogP contribution in [0, 0.1) is 12.7 Å². The Morgan fingerprint density at radius 3 is 2.57 bits per heavy atom. The van der Waals surface area contributed by atoms with Crippen molar-refractivity contribution < 1.29 is 9.13 Å². The molecule has 1 N–H and O–H groups in total. The molecule has 0 saturated carbocycles. The molecular formula is C18H22FNO. The van der Waals surface area contributed by atoms with E-state index in [9.17, 15) is 4.39 Å². The van der Waals surface area contributed by atoms with Crippen LogP contribution in [0.2, 0.25) is 0 Å². The lowest BCUT2D eigenvalue weighted by Crippen LogP contribution is -2.13. The van der Waals surface area contributed by atoms with Gasteiger partial charge in [-0.25, -0.2) is 4.39 Å². The summed E-state index contributed by atoms with van der Waals surface area (Å²) in [7, 11) is 1.61. The topological polar surface area (TPSA) is 21.3 Å². The molecule has 2 aromatic carbocycles. The molecule has 2 rings (SSSR count). The molecule has 0 bridgehead atoms. The van der Waals surface area contributed by atoms with E-state index in [2.05, 4.69) is 12.2 Å². The zero-order valence-electron chi connectivity index (χ0n) is 12.9. The lowest BCUT2D eigenvalue weighted by molar-refractivity contribution is 0.416. The van der Waals surface area contributed by atoms with E-state index in [1.165, 1.54) is 0 Å². The van der Waals surface area contributed by atoms with Gasteiger partial charge in [0.2, 0.25) is 0 Å². The van der Waals surface area contributed by atoms with Gasteiger partial charge in [-0.05, 0) is 43.7 Å². The summed E-state index contributed by atoms with van der Waals surface area (Å²) in [4.78, 5) is 0. The highest BCUT2D eigenvalue weighted by Crippen LogP contribution is 2.32. The van der Waals surface area contributed by atoms with E-state index in [1.807, 2.05) is 37.3 Å². The minimum Gasteiger partial charge on any atom is -0.496 e. The molecule has 3 heteroatoms. The molecule has 0 aromatic heterocycles. The first-order chi connectivity index (χ1) is 10.2. The van der Waals surface area contributed by atoms with Gasteiger partial charge in [-0.1, -0.05) is 30.7 Å². The van der Waals surface area contributed by atoms with E-state index in [-0.39, 0.29) is 5.82 Å². The predicted molar refractivity (Wildman–Crippen MR) is 85.1 cm³/mol. The maximum Gasteiger partial charge on any atom is 0.131 e. The number of methoxy groups -OCH3 is 1. The second kappa shape index (κ2) is 7.23. The van der Waals surface area contributed by atoms with Gasteiger partial charge < -0.3 is 10.1 Å². The molecule has 0 aliphatic rings. The summed E-state index contributed by atoms with van der Waals surface area (Å²) in [6, 6.07) is 11.2. The van der Waals surface area contributed by atoms with E-state index in [1.54, 1.807) is 13.2 Å². The van der Waals surface area contributed by atoms with Crippen LogP contribution in [0.1, 0.15) is 24.5 Å². The van der Waals surface area contributed by atoms with E-state index in [0.29, 0.717) is 17.9 Å². The van der Waals surface area contributed by atoms with Gasteiger partial charge in [0.25, 0.3) is 0 Å². The van der Waals surface area contributed by atoms with Gasteiger partial charge in [0.1, 0.15) is 11.6 Å². The molecular weight excluding hydrogens is 265 g/mol. The summed E-state index contributed by atoms with van der Waals surface area (Å²) in [6.45, 7) is 5.73. The molecule has 21 heavy (non-hydrogen) atoms. The highest BCUT2D eigenvalue weighted by atomic mass is 19.1. The molecule has 0 spiro atoms. The highest BCUT2D eigenvalue weighted by Gasteiger charge is 2.11. The summed E-state index contributed by atoms with van der Waals surface area (Å²) in [6.07, 6.45) is 1.07. The van der Waals surface area contributed by atoms with Crippen LogP contribution < -0.4 is 10.1 Å². The third-order valence-electron chi connectivity index (χ3n) is 3.43. The Kier molecular flexibility index (Phi) is 5.34. The largest absolute Gasteiger partial charge is 0.496 e. The molecule has 0 atom stereocenters. The minimum absolute atomic E-state index is 0.213. The predicted octanol–water partition coefficient (Wildman–Crippen LogP) is 4.31. The van der Waals surface area contributed by atoms with Crippen molar-refractivity contribution in [1.29, 1.82) is 0 Å². The first kappa shape index (κ1) is 15.5. The Hall–Kier alpha value is -1.87. The summed E-state index contributed by atoms with van der Waals surface area (Å²) in [5, 5.41) is 3.28. The van der Waals surface area contributed by atoms with E-state index >= 15 is 0 Å². The van der Waals surface area contributed by atoms with Crippen LogP contribution in [0.3, 0.4) is 0 Å². The lowest BCUT2D eigenvalue weighted by atomic mass is 10.00. The Labute approximate surface area is 126 Å². The van der Waals surface area contributed by atoms with Crippen LogP contribution in [-0.4, -0.2) is 13.7 Å². The normalized spacial score (nSPS) is 10.7. The maximum absolute atomic E-state index is 14.4. The van der Waals surface area contributed by atoms with Crippen molar-refractivity contribution in [2.75, 3.05) is 13.7 Å². The van der Waals surface area contributed by atoms with Crippen LogP contribution >= 0.6 is 0 Å². The van der Waals surface area contributed by atoms with E-state index in [0.717, 1.165) is 29.7 Å². The molecule has 0 aliphatic heterocycles. The van der Waals surface area contributed by atoms with Crippen LogP contribution in [0.4, 0.5) is 4.39 Å². The Morgan fingerprint density at radius 1 is 1.10 bits per heavy atom. The van der Waals surface area contributed by atoms with Crippen molar-refractivity contribution >= 4 is 0 Å². The summed E-state index contributed by atoms with van der Waals surface area (Å²) in [5.41, 5.74) is 3.41. The van der Waals surface area contributed by atoms with Crippen LogP contribution in [0.15, 0.2) is 36.4 Å². The van der Waals surface area contributed by atoms with Crippen LogP contribution in [0.25, 0.3) is 11.1 Å². The second-order valence-electron chi connectivity index (χ2n) is 5.19. The molecule has 0 unspecified atom stereocenters. The Bertz CT molecular complexity index is 610. The number of hydrogen-bond donors (Lipinski definition) is 1. The van der Waals surface area contributed by atoms with Gasteiger partial charge in [-0.3, -0.25) is 0 Å². The highest BCUT2D eigenvalue weighted by molar-refractivity contribution is 5.72. The second-order valence-corrected chi connectivity index (χ2v) is 5.19. The monoisotopic (exact) mass is 287 g/mol. The SMILES string of the molecule is CCCNCc1ccc(-c2cc(C)ccc2OC)c(F)c1. The van der Waals surface area contributed by atoms with Gasteiger partial charge in [-0.15, -0.1) is 0 Å². The van der Waals surface area contributed by atoms with Gasteiger partial charge in [0, 0.05) is 17.7 Å². The fourth-order valence-corrected chi connectivity index (χ4v) is 2.33. The lowest BCUT2D eigenvalue weighted by Gasteiger charge is -2.12. The van der Waals surface area contributed by atoms with Crippen molar-refractivity contribution in [3.05, 3.63) is 53.3 Å². The molecule has 0 heterocycles. The Balaban J connectivity index is 2.30. The number of hydrogen-bond acceptors (Lipinski definition) is 2. The number of ether oxygens (including phenoxy) is 1. The summed E-state index contributed by atoms with van der Waals surface area (Å²) in [5.74, 6) is 0.478. The Morgan fingerprint density at radius 2 is 1.90 bits per heavy atom. The number of benzene rings is 2. The van der Waals surface area contributed by atoms with Gasteiger partial charge >= 0.3 is 0 Å². The zero-order valence-corrected chi connectivity index (χ0v) is 12.9. The molecule has 2 nitrogen and oxygen atoms in total. The van der Waals surface area contributed by atoms with Crippen molar-refractivity contribution in [2.45, 2.75) is 26.8 Å². The standard InChI is InChI=1S/C18H22FNO/c1-4-9-20-12-14-6-7-15(17(19)11-14)16-10-13(2)5-8-18(16)21-3/h5-8,10-11,20H,4,9,12H2,1-3H3. The zero-order chi connectivity index (χ0) is 15.2. The molecule has 2 aromatic rings. The van der Waals surface area contributed by atoms with Crippen molar-refractivity contribution in [3.8, 4) is 16.9 Å². The van der Waals surface area contributed by atoms with Crippen molar-refractivity contribution in [3.63, 3.8) is 0 Å². The van der Waals surface area contributed by atoms with Gasteiger partial charge in [0.15, 0.2) is 0 Å². The molecule has 0 saturated heterocycles. The van der Waals surface area contributed by atoms with Crippen molar-refractivity contribution in [1.82, 2.24) is 5.32 Å². The van der Waals surface area contributed by atoms with Crippen LogP contribution in [0.5, 0.6) is 5.75 Å². The molecule has 0 fully saturated rings. The van der Waals surface area contributed by atoms with Crippen molar-refractivity contribution in [2.24, 2.45) is 0 Å². The first-order valence-electron chi connectivity index (χ1n) is 7.30. The minimum atomic E-state index is -0.213. The third-order valence-corrected chi connectivity index (χ3v) is 3.43. The molecule has 0 amide bonds. The van der Waals surface area contributed by atoms with E-state index in [4.69, 9.17) is 4.74 Å². The third kappa shape index (κ3) is 3.82. The quantitative estimate of drug-likeness (QED) is 0.799. The molecule has 0 aliphatic carbocycles. The summed E-state index contributed by atoms with van der Waals surface area (Å²) >= 11 is 0. The number of rotatable bonds is 6. The average Bonchev–Trinajstić information content (AvgIpc) is 2.48. The van der Waals surface area contributed by atoms with E-state index < -0.39 is 0 Å². The average molecular weight is 287 g/mol. The maximum atomic E-state index is 14.4. The number of nitrogens with one attached hydrogen (secondary N) is 1. The van der Waals surface area contributed by atoms with Crippen LogP contribution in [-0.2, 0) is 6.54 Å². The smallest absolute Gasteiger partial charge is 0.131 e. The van der Waals surface area contributed by atoms with Gasteiger partial charge in [-0.2, -0.15) is 0 Å². The first-order valence-corrected chi connectivity index (χ1v) is 7.30. The number of aryl methyl sites for hydroxylation is 1. The fourth-order valence-electron chi connectivity index (χ4n) is 2.33. The van der Waals surface area contributed by atoms with Gasteiger partial charge in [0.05, 0.1) is 7.11 Å². The summed E-state index contributed by atoms with van der Waals surface area (Å²) < 4.78 is 19.8. The fraction of sp³-hybridized carbons (Fsp3) is 0.333. The molecule has 112 valence electrons. The number of halogens is 1. The molecule has 0 radical (unpaired) electrons.